The van der Waals surface area contributed by atoms with Gasteiger partial charge in [-0.25, -0.2) is 0 Å². The Bertz CT molecular complexity index is 278. The molecule has 1 aliphatic rings. The van der Waals surface area contributed by atoms with Gasteiger partial charge in [-0.15, -0.1) is 0 Å². The van der Waals surface area contributed by atoms with E-state index in [1.165, 1.54) is 19.3 Å². The minimum absolute atomic E-state index is 0.0489. The lowest BCUT2D eigenvalue weighted by atomic mass is 9.78. The molecule has 0 radical (unpaired) electrons. The molecule has 0 aromatic heterocycles. The van der Waals surface area contributed by atoms with Crippen molar-refractivity contribution in [2.24, 2.45) is 17.6 Å². The Morgan fingerprint density at radius 3 is 2.58 bits per heavy atom. The summed E-state index contributed by atoms with van der Waals surface area (Å²) in [5.74, 6) is 0.983. The quantitative estimate of drug-likeness (QED) is 0.752. The zero-order valence-electron chi connectivity index (χ0n) is 13.2. The summed E-state index contributed by atoms with van der Waals surface area (Å²) < 4.78 is 0. The first-order valence-electron chi connectivity index (χ1n) is 8.03. The van der Waals surface area contributed by atoms with Crippen LogP contribution in [0.4, 0.5) is 0 Å². The molecule has 112 valence electrons. The number of hydrogen-bond acceptors (Lipinski definition) is 2. The maximum absolute atomic E-state index is 12.7. The lowest BCUT2D eigenvalue weighted by Crippen LogP contribution is -2.49. The van der Waals surface area contributed by atoms with Gasteiger partial charge < -0.3 is 10.6 Å². The molecular weight excluding hydrogens is 236 g/mol. The Morgan fingerprint density at radius 2 is 2.00 bits per heavy atom. The minimum atomic E-state index is 0.0489. The number of hydrogen-bond donors (Lipinski definition) is 1. The topological polar surface area (TPSA) is 46.3 Å². The molecule has 3 atom stereocenters. The van der Waals surface area contributed by atoms with Crippen LogP contribution in [0.5, 0.6) is 0 Å². The van der Waals surface area contributed by atoms with E-state index in [2.05, 4.69) is 32.6 Å². The molecule has 1 rings (SSSR count). The third-order valence-electron chi connectivity index (χ3n) is 4.39. The van der Waals surface area contributed by atoms with Gasteiger partial charge in [0.25, 0.3) is 0 Å². The first kappa shape index (κ1) is 16.5. The minimum Gasteiger partial charge on any atom is -0.340 e. The maximum atomic E-state index is 12.7. The molecule has 2 N–H and O–H groups in total. The number of rotatable bonds is 6. The van der Waals surface area contributed by atoms with Gasteiger partial charge in [0.05, 0.1) is 5.92 Å². The van der Waals surface area contributed by atoms with E-state index >= 15 is 0 Å². The van der Waals surface area contributed by atoms with Gasteiger partial charge in [-0.1, -0.05) is 26.7 Å². The van der Waals surface area contributed by atoms with Crippen molar-refractivity contribution in [3.63, 3.8) is 0 Å². The molecule has 0 aromatic carbocycles. The van der Waals surface area contributed by atoms with E-state index < -0.39 is 0 Å². The summed E-state index contributed by atoms with van der Waals surface area (Å²) in [4.78, 5) is 14.8. The van der Waals surface area contributed by atoms with Crippen molar-refractivity contribution in [1.29, 1.82) is 0 Å². The lowest BCUT2D eigenvalue weighted by molar-refractivity contribution is -0.139. The zero-order valence-corrected chi connectivity index (χ0v) is 13.2. The summed E-state index contributed by atoms with van der Waals surface area (Å²) in [6.45, 7) is 9.55. The highest BCUT2D eigenvalue weighted by Crippen LogP contribution is 2.29. The first-order valence-corrected chi connectivity index (χ1v) is 8.03. The highest BCUT2D eigenvalue weighted by atomic mass is 16.2. The average Bonchev–Trinajstić information content (AvgIpc) is 2.36. The van der Waals surface area contributed by atoms with E-state index in [0.717, 1.165) is 25.8 Å². The average molecular weight is 268 g/mol. The summed E-state index contributed by atoms with van der Waals surface area (Å²) in [6.07, 6.45) is 6.64. The van der Waals surface area contributed by atoms with Gasteiger partial charge in [0.2, 0.25) is 5.91 Å². The molecule has 1 fully saturated rings. The van der Waals surface area contributed by atoms with Crippen LogP contribution in [0.1, 0.15) is 66.2 Å². The summed E-state index contributed by atoms with van der Waals surface area (Å²) in [7, 11) is 0. The molecule has 0 heterocycles. The van der Waals surface area contributed by atoms with E-state index in [1.54, 1.807) is 0 Å². The van der Waals surface area contributed by atoms with Crippen LogP contribution < -0.4 is 5.73 Å². The SMILES string of the molecule is CCCCCN(C(=O)C1CC(C)CCC1N)C(C)C. The lowest BCUT2D eigenvalue weighted by Gasteiger charge is -2.37. The van der Waals surface area contributed by atoms with Crippen LogP contribution in [-0.4, -0.2) is 29.4 Å². The summed E-state index contributed by atoms with van der Waals surface area (Å²) in [6, 6.07) is 0.352. The van der Waals surface area contributed by atoms with E-state index in [0.29, 0.717) is 11.8 Å². The second-order valence-corrected chi connectivity index (χ2v) is 6.52. The second kappa shape index (κ2) is 7.88. The van der Waals surface area contributed by atoms with Crippen LogP contribution in [0.15, 0.2) is 0 Å². The number of amides is 1. The van der Waals surface area contributed by atoms with Crippen molar-refractivity contribution in [2.75, 3.05) is 6.54 Å². The van der Waals surface area contributed by atoms with E-state index in [1.807, 2.05) is 0 Å². The van der Waals surface area contributed by atoms with Gasteiger partial charge in [0.15, 0.2) is 0 Å². The number of carbonyl (C=O) groups is 1. The number of unbranched alkanes of at least 4 members (excludes halogenated alkanes) is 2. The highest BCUT2D eigenvalue weighted by molar-refractivity contribution is 5.80. The van der Waals surface area contributed by atoms with Crippen molar-refractivity contribution in [2.45, 2.75) is 78.3 Å². The van der Waals surface area contributed by atoms with Crippen molar-refractivity contribution >= 4 is 5.91 Å². The number of nitrogens with zero attached hydrogens (tertiary/aromatic N) is 1. The normalized spacial score (nSPS) is 27.6. The fourth-order valence-electron chi connectivity index (χ4n) is 3.06. The van der Waals surface area contributed by atoms with E-state index in [9.17, 15) is 4.79 Å². The molecule has 0 bridgehead atoms. The molecular formula is C16H32N2O. The molecule has 1 aliphatic carbocycles. The zero-order chi connectivity index (χ0) is 14.4. The van der Waals surface area contributed by atoms with E-state index in [4.69, 9.17) is 5.73 Å². The third kappa shape index (κ3) is 4.79. The molecule has 3 unspecified atom stereocenters. The van der Waals surface area contributed by atoms with Crippen LogP contribution in [0.2, 0.25) is 0 Å². The standard InChI is InChI=1S/C16H32N2O/c1-5-6-7-10-18(12(2)3)16(19)14-11-13(4)8-9-15(14)17/h12-15H,5-11,17H2,1-4H3. The van der Waals surface area contributed by atoms with E-state index in [-0.39, 0.29) is 18.0 Å². The summed E-state index contributed by atoms with van der Waals surface area (Å²) in [5, 5.41) is 0. The number of carbonyl (C=O) groups excluding carboxylic acids is 1. The van der Waals surface area contributed by atoms with Gasteiger partial charge in [-0.3, -0.25) is 4.79 Å². The summed E-state index contributed by atoms with van der Waals surface area (Å²) in [5.41, 5.74) is 6.19. The van der Waals surface area contributed by atoms with Crippen molar-refractivity contribution < 1.29 is 4.79 Å². The monoisotopic (exact) mass is 268 g/mol. The van der Waals surface area contributed by atoms with Crippen LogP contribution in [0.3, 0.4) is 0 Å². The van der Waals surface area contributed by atoms with Crippen LogP contribution >= 0.6 is 0 Å². The predicted octanol–water partition coefficient (Wildman–Crippen LogP) is 3.18. The van der Waals surface area contributed by atoms with Crippen molar-refractivity contribution in [1.82, 2.24) is 4.90 Å². The van der Waals surface area contributed by atoms with Gasteiger partial charge in [0, 0.05) is 18.6 Å². The molecule has 0 saturated heterocycles. The Hall–Kier alpha value is -0.570. The number of nitrogens with two attached hydrogens (primary N) is 1. The first-order chi connectivity index (χ1) is 8.97. The predicted molar refractivity (Wildman–Crippen MR) is 80.9 cm³/mol. The molecule has 3 nitrogen and oxygen atoms in total. The second-order valence-electron chi connectivity index (χ2n) is 6.52. The van der Waals surface area contributed by atoms with Gasteiger partial charge in [-0.2, -0.15) is 0 Å². The third-order valence-corrected chi connectivity index (χ3v) is 4.39. The molecule has 0 spiro atoms. The molecule has 0 aromatic rings. The largest absolute Gasteiger partial charge is 0.340 e. The Balaban J connectivity index is 2.63. The van der Waals surface area contributed by atoms with Gasteiger partial charge in [-0.05, 0) is 45.4 Å². The van der Waals surface area contributed by atoms with Gasteiger partial charge >= 0.3 is 0 Å². The molecule has 0 aliphatic heterocycles. The molecule has 1 amide bonds. The van der Waals surface area contributed by atoms with Crippen LogP contribution in [-0.2, 0) is 4.79 Å². The highest BCUT2D eigenvalue weighted by Gasteiger charge is 2.34. The Labute approximate surface area is 118 Å². The fraction of sp³-hybridized carbons (Fsp3) is 0.938. The molecule has 3 heteroatoms. The van der Waals surface area contributed by atoms with Gasteiger partial charge in [0.1, 0.15) is 0 Å². The van der Waals surface area contributed by atoms with Crippen molar-refractivity contribution in [3.05, 3.63) is 0 Å². The van der Waals surface area contributed by atoms with Crippen LogP contribution in [0.25, 0.3) is 0 Å². The van der Waals surface area contributed by atoms with Crippen LogP contribution in [0, 0.1) is 11.8 Å². The summed E-state index contributed by atoms with van der Waals surface area (Å²) >= 11 is 0. The Morgan fingerprint density at radius 1 is 1.32 bits per heavy atom. The van der Waals surface area contributed by atoms with Crippen molar-refractivity contribution in [3.8, 4) is 0 Å². The molecule has 19 heavy (non-hydrogen) atoms. The fourth-order valence-corrected chi connectivity index (χ4v) is 3.06. The molecule has 1 saturated carbocycles. The maximum Gasteiger partial charge on any atom is 0.227 e. The smallest absolute Gasteiger partial charge is 0.227 e. The Kier molecular flexibility index (Phi) is 6.84.